The zero-order valence-electron chi connectivity index (χ0n) is 21.7. The predicted molar refractivity (Wildman–Crippen MR) is 149 cm³/mol. The Morgan fingerprint density at radius 1 is 0.973 bits per heavy atom. The van der Waals surface area contributed by atoms with E-state index in [1.165, 1.54) is 6.42 Å². The Labute approximate surface area is 220 Å². The lowest BCUT2D eigenvalue weighted by molar-refractivity contribution is -0.166. The van der Waals surface area contributed by atoms with Crippen LogP contribution in [-0.2, 0) is 10.5 Å². The van der Waals surface area contributed by atoms with E-state index < -0.39 is 5.72 Å². The molecule has 194 valence electrons. The second-order valence-corrected chi connectivity index (χ2v) is 10.1. The number of benzene rings is 3. The van der Waals surface area contributed by atoms with Gasteiger partial charge in [0.1, 0.15) is 6.17 Å². The van der Waals surface area contributed by atoms with Crippen LogP contribution in [-0.4, -0.2) is 37.0 Å². The fraction of sp³-hybridized carbons (Fsp3) is 0.387. The number of likely N-dealkylation sites (tertiary alicyclic amines) is 1. The number of nitrogens with one attached hydrogen (secondary N) is 1. The van der Waals surface area contributed by atoms with Crippen LogP contribution >= 0.6 is 0 Å². The summed E-state index contributed by atoms with van der Waals surface area (Å²) in [5, 5.41) is 3.27. The summed E-state index contributed by atoms with van der Waals surface area (Å²) in [4.78, 5) is 18.1. The molecule has 5 rings (SSSR count). The topological polar surface area (TPSA) is 70.8 Å². The zero-order valence-corrected chi connectivity index (χ0v) is 21.7. The second kappa shape index (κ2) is 11.4. The fourth-order valence-corrected chi connectivity index (χ4v) is 5.64. The molecule has 2 heterocycles. The molecule has 1 fully saturated rings. The van der Waals surface area contributed by atoms with Crippen molar-refractivity contribution in [1.82, 2.24) is 10.2 Å². The summed E-state index contributed by atoms with van der Waals surface area (Å²) in [6.45, 7) is 5.39. The number of ether oxygens (including phenoxy) is 1. The number of piperidine rings is 1. The summed E-state index contributed by atoms with van der Waals surface area (Å²) in [6.07, 6.45) is 5.28. The maximum Gasteiger partial charge on any atom is 0.255 e. The van der Waals surface area contributed by atoms with Crippen molar-refractivity contribution in [1.29, 1.82) is 0 Å². The first-order valence-electron chi connectivity index (χ1n) is 13.6. The Kier molecular flexibility index (Phi) is 7.77. The Hall–Kier alpha value is -3.35. The Bertz CT molecular complexity index is 1180. The standard InChI is InChI=1S/C31H38N4O2/c1-2-3-21-37-31(25-15-9-5-10-16-25,34-19-11-6-12-20-34)23-35-28-18-17-26(32)22-27(28)30(36)33-29(35)24-13-7-4-8-14-24/h4-5,7-10,13-18,22,29H,2-3,6,11-12,19-21,23,32H2,1H3,(H,33,36). The van der Waals surface area contributed by atoms with Crippen molar-refractivity contribution >= 4 is 17.3 Å². The summed E-state index contributed by atoms with van der Waals surface area (Å²) in [6, 6.07) is 26.5. The molecule has 6 nitrogen and oxygen atoms in total. The molecule has 3 aromatic carbocycles. The van der Waals surface area contributed by atoms with E-state index in [1.54, 1.807) is 6.07 Å². The van der Waals surface area contributed by atoms with Crippen molar-refractivity contribution in [2.75, 3.05) is 36.9 Å². The third kappa shape index (κ3) is 5.22. The molecule has 0 radical (unpaired) electrons. The number of anilines is 2. The first-order valence-corrected chi connectivity index (χ1v) is 13.6. The van der Waals surface area contributed by atoms with E-state index in [0.29, 0.717) is 24.4 Å². The average Bonchev–Trinajstić information content (AvgIpc) is 2.95. The minimum atomic E-state index is -0.662. The van der Waals surface area contributed by atoms with Gasteiger partial charge in [-0.1, -0.05) is 80.4 Å². The van der Waals surface area contributed by atoms with Crippen LogP contribution < -0.4 is 16.0 Å². The van der Waals surface area contributed by atoms with Crippen molar-refractivity contribution in [2.24, 2.45) is 0 Å². The highest BCUT2D eigenvalue weighted by Crippen LogP contribution is 2.41. The number of rotatable bonds is 9. The van der Waals surface area contributed by atoms with Crippen LogP contribution in [0, 0.1) is 0 Å². The number of hydrogen-bond acceptors (Lipinski definition) is 5. The van der Waals surface area contributed by atoms with Gasteiger partial charge in [-0.15, -0.1) is 0 Å². The second-order valence-electron chi connectivity index (χ2n) is 10.1. The highest BCUT2D eigenvalue weighted by Gasteiger charge is 2.45. The van der Waals surface area contributed by atoms with E-state index in [0.717, 1.165) is 55.6 Å². The molecule has 6 heteroatoms. The number of carbonyl (C=O) groups is 1. The molecule has 0 bridgehead atoms. The van der Waals surface area contributed by atoms with Crippen molar-refractivity contribution in [3.05, 3.63) is 95.6 Å². The molecule has 3 N–H and O–H groups in total. The molecule has 2 unspecified atom stereocenters. The minimum Gasteiger partial charge on any atom is -0.399 e. The molecular formula is C31H38N4O2. The summed E-state index contributed by atoms with van der Waals surface area (Å²) >= 11 is 0. The van der Waals surface area contributed by atoms with E-state index in [9.17, 15) is 4.79 Å². The van der Waals surface area contributed by atoms with E-state index in [-0.39, 0.29) is 12.1 Å². The van der Waals surface area contributed by atoms with E-state index in [4.69, 9.17) is 10.5 Å². The van der Waals surface area contributed by atoms with Gasteiger partial charge < -0.3 is 20.7 Å². The lowest BCUT2D eigenvalue weighted by atomic mass is 9.94. The minimum absolute atomic E-state index is 0.109. The third-order valence-electron chi connectivity index (χ3n) is 7.58. The number of hydrogen-bond donors (Lipinski definition) is 2. The molecule has 0 saturated carbocycles. The number of fused-ring (bicyclic) bond motifs is 1. The van der Waals surface area contributed by atoms with Crippen molar-refractivity contribution < 1.29 is 9.53 Å². The van der Waals surface area contributed by atoms with Crippen LogP contribution in [0.15, 0.2) is 78.9 Å². The van der Waals surface area contributed by atoms with Crippen LogP contribution in [0.2, 0.25) is 0 Å². The van der Waals surface area contributed by atoms with E-state index in [1.807, 2.05) is 30.3 Å². The van der Waals surface area contributed by atoms with E-state index in [2.05, 4.69) is 64.5 Å². The van der Waals surface area contributed by atoms with Gasteiger partial charge in [-0.05, 0) is 43.0 Å². The Morgan fingerprint density at radius 3 is 2.38 bits per heavy atom. The lowest BCUT2D eigenvalue weighted by Crippen LogP contribution is -2.59. The monoisotopic (exact) mass is 498 g/mol. The fourth-order valence-electron chi connectivity index (χ4n) is 5.64. The quantitative estimate of drug-likeness (QED) is 0.294. The van der Waals surface area contributed by atoms with Gasteiger partial charge in [0.25, 0.3) is 5.91 Å². The number of carbonyl (C=O) groups excluding carboxylic acids is 1. The number of unbranched alkanes of at least 4 members (excludes halogenated alkanes) is 1. The number of nitrogens with two attached hydrogens (primary N) is 1. The molecule has 2 aliphatic heterocycles. The molecule has 2 atom stereocenters. The highest BCUT2D eigenvalue weighted by molar-refractivity contribution is 6.03. The number of nitrogens with zero attached hydrogens (tertiary/aromatic N) is 2. The Balaban J connectivity index is 1.65. The van der Waals surface area contributed by atoms with Gasteiger partial charge in [0.05, 0.1) is 17.8 Å². The van der Waals surface area contributed by atoms with Crippen LogP contribution in [0.1, 0.15) is 66.7 Å². The molecule has 0 aliphatic carbocycles. The van der Waals surface area contributed by atoms with Crippen LogP contribution in [0.4, 0.5) is 11.4 Å². The summed E-state index contributed by atoms with van der Waals surface area (Å²) in [5.74, 6) is -0.109. The number of nitrogen functional groups attached to an aromatic ring is 1. The van der Waals surface area contributed by atoms with Crippen LogP contribution in [0.5, 0.6) is 0 Å². The molecule has 2 aliphatic rings. The zero-order chi connectivity index (χ0) is 25.7. The highest BCUT2D eigenvalue weighted by atomic mass is 16.5. The van der Waals surface area contributed by atoms with Crippen LogP contribution in [0.25, 0.3) is 0 Å². The first-order chi connectivity index (χ1) is 18.1. The largest absolute Gasteiger partial charge is 0.399 e. The van der Waals surface area contributed by atoms with Gasteiger partial charge in [-0.2, -0.15) is 0 Å². The normalized spacial score (nSPS) is 19.6. The van der Waals surface area contributed by atoms with Crippen molar-refractivity contribution in [2.45, 2.75) is 50.9 Å². The lowest BCUT2D eigenvalue weighted by Gasteiger charge is -2.50. The summed E-state index contributed by atoms with van der Waals surface area (Å²) < 4.78 is 7.00. The van der Waals surface area contributed by atoms with Crippen molar-refractivity contribution in [3.8, 4) is 0 Å². The molecular weight excluding hydrogens is 460 g/mol. The summed E-state index contributed by atoms with van der Waals surface area (Å²) in [5.41, 5.74) is 9.70. The van der Waals surface area contributed by atoms with E-state index >= 15 is 0 Å². The van der Waals surface area contributed by atoms with Crippen LogP contribution in [0.3, 0.4) is 0 Å². The average molecular weight is 499 g/mol. The summed E-state index contributed by atoms with van der Waals surface area (Å²) in [7, 11) is 0. The van der Waals surface area contributed by atoms with Gasteiger partial charge in [0.15, 0.2) is 5.72 Å². The van der Waals surface area contributed by atoms with Crippen molar-refractivity contribution in [3.63, 3.8) is 0 Å². The van der Waals surface area contributed by atoms with Gasteiger partial charge >= 0.3 is 0 Å². The first kappa shape index (κ1) is 25.3. The maximum absolute atomic E-state index is 13.3. The SMILES string of the molecule is CCCCOC(CN1c2ccc(N)cc2C(=O)NC1c1ccccc1)(c1ccccc1)N1CCCCC1. The molecule has 0 aromatic heterocycles. The number of amides is 1. The van der Waals surface area contributed by atoms with Gasteiger partial charge in [-0.3, -0.25) is 9.69 Å². The molecule has 0 spiro atoms. The molecule has 3 aromatic rings. The maximum atomic E-state index is 13.3. The molecule has 37 heavy (non-hydrogen) atoms. The van der Waals surface area contributed by atoms with Gasteiger partial charge in [0, 0.05) is 30.9 Å². The Morgan fingerprint density at radius 2 is 1.68 bits per heavy atom. The predicted octanol–water partition coefficient (Wildman–Crippen LogP) is 5.67. The third-order valence-corrected chi connectivity index (χ3v) is 7.58. The van der Waals surface area contributed by atoms with Gasteiger partial charge in [-0.25, -0.2) is 0 Å². The molecule has 1 saturated heterocycles. The molecule has 1 amide bonds. The van der Waals surface area contributed by atoms with Gasteiger partial charge in [0.2, 0.25) is 0 Å². The smallest absolute Gasteiger partial charge is 0.255 e.